The maximum Gasteiger partial charge on any atom is 0.319 e. The number of carbonyl (C=O) groups excluding carboxylic acids is 1. The van der Waals surface area contributed by atoms with Crippen molar-refractivity contribution < 1.29 is 14.7 Å². The first-order valence-corrected chi connectivity index (χ1v) is 7.66. The molecule has 20 heavy (non-hydrogen) atoms. The van der Waals surface area contributed by atoms with E-state index in [1.54, 1.807) is 18.2 Å². The Bertz CT molecular complexity index is 538. The fourth-order valence-corrected chi connectivity index (χ4v) is 3.28. The van der Waals surface area contributed by atoms with E-state index in [-0.39, 0.29) is 18.0 Å². The number of urea groups is 1. The van der Waals surface area contributed by atoms with Crippen molar-refractivity contribution in [2.75, 3.05) is 5.32 Å². The third-order valence-corrected chi connectivity index (χ3v) is 4.42. The van der Waals surface area contributed by atoms with Crippen molar-refractivity contribution in [1.82, 2.24) is 5.32 Å². The van der Waals surface area contributed by atoms with Crippen molar-refractivity contribution in [3.05, 3.63) is 26.8 Å². The van der Waals surface area contributed by atoms with E-state index >= 15 is 0 Å². The quantitative estimate of drug-likeness (QED) is 0.672. The van der Waals surface area contributed by atoms with E-state index in [0.29, 0.717) is 30.0 Å². The van der Waals surface area contributed by atoms with Gasteiger partial charge in [-0.15, -0.1) is 0 Å². The largest absolute Gasteiger partial charge is 0.481 e. The molecule has 5 nitrogen and oxygen atoms in total. The Morgan fingerprint density at radius 1 is 1.35 bits per heavy atom. The van der Waals surface area contributed by atoms with Crippen molar-refractivity contribution in [1.29, 1.82) is 0 Å². The van der Waals surface area contributed by atoms with Crippen LogP contribution < -0.4 is 10.6 Å². The molecule has 1 fully saturated rings. The number of carboxylic acids is 1. The summed E-state index contributed by atoms with van der Waals surface area (Å²) in [7, 11) is 0. The molecule has 0 aliphatic heterocycles. The molecular formula is C13H14ClIN2O3. The molecule has 2 amide bonds. The van der Waals surface area contributed by atoms with E-state index in [9.17, 15) is 9.59 Å². The fourth-order valence-electron chi connectivity index (χ4n) is 2.27. The van der Waals surface area contributed by atoms with Gasteiger partial charge in [-0.1, -0.05) is 11.6 Å². The number of anilines is 1. The monoisotopic (exact) mass is 408 g/mol. The van der Waals surface area contributed by atoms with Crippen LogP contribution in [0.1, 0.15) is 19.3 Å². The number of amides is 2. The first kappa shape index (κ1) is 15.4. The predicted molar refractivity (Wildman–Crippen MR) is 85.1 cm³/mol. The predicted octanol–water partition coefficient (Wildman–Crippen LogP) is 3.32. The smallest absolute Gasteiger partial charge is 0.319 e. The third kappa shape index (κ3) is 3.99. The zero-order chi connectivity index (χ0) is 14.7. The summed E-state index contributed by atoms with van der Waals surface area (Å²) in [5.74, 6) is -1.14. The summed E-state index contributed by atoms with van der Waals surface area (Å²) in [5, 5.41) is 15.1. The minimum Gasteiger partial charge on any atom is -0.481 e. The number of hydrogen-bond acceptors (Lipinski definition) is 2. The van der Waals surface area contributed by atoms with Crippen LogP contribution in [0.5, 0.6) is 0 Å². The van der Waals surface area contributed by atoms with Gasteiger partial charge in [-0.3, -0.25) is 4.79 Å². The van der Waals surface area contributed by atoms with Crippen LogP contribution in [0.25, 0.3) is 0 Å². The minimum absolute atomic E-state index is 0.0824. The maximum atomic E-state index is 11.9. The second-order valence-electron chi connectivity index (χ2n) is 4.77. The first-order chi connectivity index (χ1) is 9.45. The summed E-state index contributed by atoms with van der Waals surface area (Å²) >= 11 is 7.94. The number of carboxylic acid groups (broad SMARTS) is 1. The van der Waals surface area contributed by atoms with Crippen molar-refractivity contribution in [2.24, 2.45) is 5.92 Å². The molecular weight excluding hydrogens is 395 g/mol. The average Bonchev–Trinajstić information content (AvgIpc) is 2.81. The zero-order valence-electron chi connectivity index (χ0n) is 10.5. The van der Waals surface area contributed by atoms with Crippen LogP contribution in [0.4, 0.5) is 10.5 Å². The molecule has 1 aliphatic carbocycles. The summed E-state index contributed by atoms with van der Waals surface area (Å²) in [6.07, 6.45) is 1.79. The standard InChI is InChI=1S/C13H14ClIN2O3/c14-8-2-4-11(10(15)6-8)17-13(20)16-9-3-1-7(5-9)12(18)19/h2,4,6-7,9H,1,3,5H2,(H,18,19)(H2,16,17,20)/t7-,9+/m1/s1. The van der Waals surface area contributed by atoms with Crippen molar-refractivity contribution in [2.45, 2.75) is 25.3 Å². The van der Waals surface area contributed by atoms with Crippen LogP contribution >= 0.6 is 34.2 Å². The Balaban J connectivity index is 1.88. The highest BCUT2D eigenvalue weighted by atomic mass is 127. The number of rotatable bonds is 3. The lowest BCUT2D eigenvalue weighted by atomic mass is 10.1. The number of benzene rings is 1. The first-order valence-electron chi connectivity index (χ1n) is 6.21. The van der Waals surface area contributed by atoms with E-state index in [2.05, 4.69) is 33.2 Å². The maximum absolute atomic E-state index is 11.9. The Morgan fingerprint density at radius 3 is 2.70 bits per heavy atom. The number of halogens is 2. The Labute approximate surface area is 135 Å². The minimum atomic E-state index is -0.790. The van der Waals surface area contributed by atoms with Gasteiger partial charge in [-0.05, 0) is 60.1 Å². The molecule has 1 aliphatic rings. The van der Waals surface area contributed by atoms with Crippen LogP contribution in [0.2, 0.25) is 5.02 Å². The van der Waals surface area contributed by atoms with Gasteiger partial charge in [0.25, 0.3) is 0 Å². The SMILES string of the molecule is O=C(Nc1ccc(Cl)cc1I)N[C@H]1CC[C@@H](C(=O)O)C1. The molecule has 1 saturated carbocycles. The van der Waals surface area contributed by atoms with Crippen molar-refractivity contribution >= 4 is 51.9 Å². The third-order valence-electron chi connectivity index (χ3n) is 3.30. The van der Waals surface area contributed by atoms with E-state index in [0.717, 1.165) is 3.57 Å². The zero-order valence-corrected chi connectivity index (χ0v) is 13.4. The van der Waals surface area contributed by atoms with Crippen molar-refractivity contribution in [3.8, 4) is 0 Å². The summed E-state index contributed by atoms with van der Waals surface area (Å²) < 4.78 is 0.847. The molecule has 0 radical (unpaired) electrons. The van der Waals surface area contributed by atoms with Crippen LogP contribution in [0.15, 0.2) is 18.2 Å². The van der Waals surface area contributed by atoms with Gasteiger partial charge in [0.15, 0.2) is 0 Å². The number of hydrogen-bond donors (Lipinski definition) is 3. The Kier molecular flexibility index (Phi) is 5.09. The molecule has 7 heteroatoms. The van der Waals surface area contributed by atoms with Crippen LogP contribution in [-0.2, 0) is 4.79 Å². The van der Waals surface area contributed by atoms with Gasteiger partial charge < -0.3 is 15.7 Å². The van der Waals surface area contributed by atoms with Crippen LogP contribution in [0, 0.1) is 9.49 Å². The van der Waals surface area contributed by atoms with Crippen LogP contribution in [0.3, 0.4) is 0 Å². The molecule has 0 saturated heterocycles. The highest BCUT2D eigenvalue weighted by Gasteiger charge is 2.30. The molecule has 3 N–H and O–H groups in total. The van der Waals surface area contributed by atoms with E-state index in [1.807, 2.05) is 0 Å². The molecule has 0 aromatic heterocycles. The number of aliphatic carboxylic acids is 1. The second kappa shape index (κ2) is 6.62. The molecule has 108 valence electrons. The van der Waals surface area contributed by atoms with Gasteiger partial charge in [-0.25, -0.2) is 4.79 Å². The average molecular weight is 409 g/mol. The fraction of sp³-hybridized carbons (Fsp3) is 0.385. The summed E-state index contributed by atoms with van der Waals surface area (Å²) in [6.45, 7) is 0. The molecule has 1 aromatic rings. The molecule has 0 unspecified atom stereocenters. The molecule has 0 spiro atoms. The molecule has 2 rings (SSSR count). The summed E-state index contributed by atoms with van der Waals surface area (Å²) in [4.78, 5) is 22.7. The highest BCUT2D eigenvalue weighted by molar-refractivity contribution is 14.1. The van der Waals surface area contributed by atoms with Gasteiger partial charge in [0, 0.05) is 14.6 Å². The number of carbonyl (C=O) groups is 2. The van der Waals surface area contributed by atoms with E-state index < -0.39 is 5.97 Å². The normalized spacial score (nSPS) is 21.5. The van der Waals surface area contributed by atoms with Crippen LogP contribution in [-0.4, -0.2) is 23.1 Å². The van der Waals surface area contributed by atoms with E-state index in [1.165, 1.54) is 0 Å². The highest BCUT2D eigenvalue weighted by Crippen LogP contribution is 2.26. The topological polar surface area (TPSA) is 78.4 Å². The summed E-state index contributed by atoms with van der Waals surface area (Å²) in [6, 6.07) is 4.80. The van der Waals surface area contributed by atoms with Gasteiger partial charge in [-0.2, -0.15) is 0 Å². The lowest BCUT2D eigenvalue weighted by molar-refractivity contribution is -0.141. The van der Waals surface area contributed by atoms with Gasteiger partial charge in [0.2, 0.25) is 0 Å². The molecule has 2 atom stereocenters. The lowest BCUT2D eigenvalue weighted by Crippen LogP contribution is -2.36. The van der Waals surface area contributed by atoms with Gasteiger partial charge in [0.1, 0.15) is 0 Å². The molecule has 0 bridgehead atoms. The Hall–Kier alpha value is -1.02. The van der Waals surface area contributed by atoms with Gasteiger partial charge in [0.05, 0.1) is 11.6 Å². The van der Waals surface area contributed by atoms with Gasteiger partial charge >= 0.3 is 12.0 Å². The summed E-state index contributed by atoms with van der Waals surface area (Å²) in [5.41, 5.74) is 0.681. The van der Waals surface area contributed by atoms with Crippen molar-refractivity contribution in [3.63, 3.8) is 0 Å². The number of nitrogens with one attached hydrogen (secondary N) is 2. The molecule has 1 aromatic carbocycles. The lowest BCUT2D eigenvalue weighted by Gasteiger charge is -2.14. The Morgan fingerprint density at radius 2 is 2.10 bits per heavy atom. The molecule has 0 heterocycles. The second-order valence-corrected chi connectivity index (χ2v) is 6.37. The van der Waals surface area contributed by atoms with E-state index in [4.69, 9.17) is 16.7 Å².